The van der Waals surface area contributed by atoms with E-state index in [0.717, 1.165) is 6.42 Å². The Labute approximate surface area is 390 Å². The molecule has 328 valence electrons. The predicted octanol–water partition coefficient (Wildman–Crippen LogP) is 15.3. The van der Waals surface area contributed by atoms with E-state index in [1.54, 1.807) is 0 Å². The van der Waals surface area contributed by atoms with Gasteiger partial charge in [-0.25, -0.2) is 0 Å². The Morgan fingerprint density at radius 3 is 1.66 bits per heavy atom. The summed E-state index contributed by atoms with van der Waals surface area (Å²) in [6, 6.07) is 54.3. The Morgan fingerprint density at radius 1 is 0.431 bits per heavy atom. The van der Waals surface area contributed by atoms with Crippen LogP contribution >= 0.6 is 0 Å². The van der Waals surface area contributed by atoms with Gasteiger partial charge in [0.2, 0.25) is 0 Å². The first kappa shape index (κ1) is 43.1. The van der Waals surface area contributed by atoms with Gasteiger partial charge in [-0.1, -0.05) is 175 Å². The Morgan fingerprint density at radius 2 is 0.985 bits per heavy atom. The fourth-order valence-corrected chi connectivity index (χ4v) is 11.6. The Balaban J connectivity index is 1.32. The molecule has 0 N–H and O–H groups in total. The van der Waals surface area contributed by atoms with Gasteiger partial charge in [-0.15, -0.1) is 0 Å². The van der Waals surface area contributed by atoms with Crippen LogP contribution in [0.15, 0.2) is 140 Å². The van der Waals surface area contributed by atoms with Crippen LogP contribution < -0.4 is 26.2 Å². The summed E-state index contributed by atoms with van der Waals surface area (Å²) in [5.41, 5.74) is 24.8. The average molecular weight is 851 g/mol. The average Bonchev–Trinajstić information content (AvgIpc) is 3.43. The number of nitrogens with zero attached hydrogens (tertiary/aromatic N) is 2. The van der Waals surface area contributed by atoms with Crippen molar-refractivity contribution in [3.05, 3.63) is 173 Å². The van der Waals surface area contributed by atoms with Gasteiger partial charge in [-0.2, -0.15) is 0 Å². The molecule has 65 heavy (non-hydrogen) atoms. The molecule has 0 saturated carbocycles. The monoisotopic (exact) mass is 851 g/mol. The molecule has 0 saturated heterocycles. The zero-order chi connectivity index (χ0) is 46.2. The summed E-state index contributed by atoms with van der Waals surface area (Å²) < 4.78 is 0. The Kier molecular flexibility index (Phi) is 9.69. The fourth-order valence-electron chi connectivity index (χ4n) is 11.6. The maximum absolute atomic E-state index is 2.68. The molecule has 2 heterocycles. The van der Waals surface area contributed by atoms with Crippen LogP contribution in [-0.2, 0) is 27.1 Å². The number of anilines is 6. The van der Waals surface area contributed by atoms with Gasteiger partial charge in [0, 0.05) is 34.0 Å². The van der Waals surface area contributed by atoms with Crippen molar-refractivity contribution in [3.8, 4) is 22.3 Å². The van der Waals surface area contributed by atoms with Crippen LogP contribution in [0.3, 0.4) is 0 Å². The molecule has 2 aliphatic heterocycles. The van der Waals surface area contributed by atoms with Crippen molar-refractivity contribution < 1.29 is 0 Å². The summed E-state index contributed by atoms with van der Waals surface area (Å²) >= 11 is 0. The van der Waals surface area contributed by atoms with Gasteiger partial charge in [0.15, 0.2) is 0 Å². The lowest BCUT2D eigenvalue weighted by Gasteiger charge is -2.45. The van der Waals surface area contributed by atoms with Crippen LogP contribution in [0.2, 0.25) is 0 Å². The Bertz CT molecular complexity index is 3040. The maximum atomic E-state index is 2.68. The van der Waals surface area contributed by atoms with Crippen molar-refractivity contribution in [3.63, 3.8) is 0 Å². The predicted molar refractivity (Wildman–Crippen MR) is 283 cm³/mol. The van der Waals surface area contributed by atoms with E-state index in [2.05, 4.69) is 246 Å². The molecule has 0 bridgehead atoms. The fraction of sp³-hybridized carbons (Fsp3) is 0.323. The highest BCUT2D eigenvalue weighted by molar-refractivity contribution is 7.00. The van der Waals surface area contributed by atoms with Crippen molar-refractivity contribution in [1.82, 2.24) is 0 Å². The molecule has 3 heteroatoms. The molecule has 10 rings (SSSR count). The second-order valence-corrected chi connectivity index (χ2v) is 24.0. The second kappa shape index (κ2) is 14.6. The van der Waals surface area contributed by atoms with Gasteiger partial charge in [0.05, 0.1) is 5.69 Å². The van der Waals surface area contributed by atoms with E-state index >= 15 is 0 Å². The zero-order valence-electron chi connectivity index (χ0n) is 41.5. The summed E-state index contributed by atoms with van der Waals surface area (Å²) in [5.74, 6) is 0. The first-order valence-corrected chi connectivity index (χ1v) is 24.0. The molecule has 0 amide bonds. The van der Waals surface area contributed by atoms with Crippen LogP contribution in [-0.4, -0.2) is 6.71 Å². The molecule has 1 aliphatic carbocycles. The number of rotatable bonds is 4. The minimum Gasteiger partial charge on any atom is -0.311 e. The van der Waals surface area contributed by atoms with E-state index in [9.17, 15) is 0 Å². The standard InChI is InChI=1S/C62H67BN2/c1-39-30-55-57-56(31-39)65(52-29-27-44(59(5,6)7)34-47(52)42-23-18-22-41(32-42)40-20-16-15-17-21-40)54-37-49-48(61(11,12)38-62(49,13)14)36-51(54)63(57)50-28-26-45(60(8,9)10)35-53(50)64(55)46-25-19-24-43(33-46)58(2,3)4/h15-37H,38H2,1-14H3. The summed E-state index contributed by atoms with van der Waals surface area (Å²) in [7, 11) is 0. The number of benzene rings is 7. The number of hydrogen-bond acceptors (Lipinski definition) is 2. The van der Waals surface area contributed by atoms with E-state index in [1.807, 2.05) is 0 Å². The van der Waals surface area contributed by atoms with Gasteiger partial charge in [0.1, 0.15) is 0 Å². The molecule has 0 spiro atoms. The SMILES string of the molecule is Cc1cc2c3c(c1)N(c1ccc(C(C)(C)C)cc1-c1cccc(-c4ccccc4)c1)c1cc4c(cc1B3c1ccc(C(C)(C)C)cc1N2c1cccc(C(C)(C)C)c1)C(C)(C)CC4(C)C. The minimum absolute atomic E-state index is 0.000577. The van der Waals surface area contributed by atoms with Crippen LogP contribution in [0.5, 0.6) is 0 Å². The van der Waals surface area contributed by atoms with E-state index < -0.39 is 0 Å². The third-order valence-corrected chi connectivity index (χ3v) is 14.9. The lowest BCUT2D eigenvalue weighted by molar-refractivity contribution is 0.403. The van der Waals surface area contributed by atoms with Crippen LogP contribution in [0.4, 0.5) is 34.1 Å². The van der Waals surface area contributed by atoms with Gasteiger partial charge in [-0.05, 0) is 161 Å². The molecule has 2 nitrogen and oxygen atoms in total. The van der Waals surface area contributed by atoms with Crippen molar-refractivity contribution in [2.45, 2.75) is 130 Å². The largest absolute Gasteiger partial charge is 0.311 e. The topological polar surface area (TPSA) is 6.48 Å². The second-order valence-electron chi connectivity index (χ2n) is 24.0. The van der Waals surface area contributed by atoms with Gasteiger partial charge in [0.25, 0.3) is 6.71 Å². The highest BCUT2D eigenvalue weighted by Crippen LogP contribution is 2.54. The maximum Gasteiger partial charge on any atom is 0.252 e. The van der Waals surface area contributed by atoms with Crippen molar-refractivity contribution in [2.24, 2.45) is 0 Å². The van der Waals surface area contributed by atoms with E-state index in [-0.39, 0.29) is 33.8 Å². The van der Waals surface area contributed by atoms with E-state index in [1.165, 1.54) is 106 Å². The van der Waals surface area contributed by atoms with Crippen molar-refractivity contribution in [1.29, 1.82) is 0 Å². The normalized spacial score (nSPS) is 15.9. The third kappa shape index (κ3) is 7.16. The molecular weight excluding hydrogens is 784 g/mol. The first-order valence-electron chi connectivity index (χ1n) is 24.0. The highest BCUT2D eigenvalue weighted by atomic mass is 15.2. The third-order valence-electron chi connectivity index (χ3n) is 14.9. The van der Waals surface area contributed by atoms with Crippen molar-refractivity contribution in [2.75, 3.05) is 9.80 Å². The first-order chi connectivity index (χ1) is 30.5. The van der Waals surface area contributed by atoms with Gasteiger partial charge < -0.3 is 9.80 Å². The molecule has 0 aromatic heterocycles. The molecule has 0 fully saturated rings. The quantitative estimate of drug-likeness (QED) is 0.163. The molecule has 7 aromatic rings. The number of hydrogen-bond donors (Lipinski definition) is 0. The highest BCUT2D eigenvalue weighted by Gasteiger charge is 2.48. The molecule has 7 aromatic carbocycles. The summed E-state index contributed by atoms with van der Waals surface area (Å²) in [4.78, 5) is 5.28. The molecule has 0 radical (unpaired) electrons. The molecular formula is C62H67BN2. The zero-order valence-corrected chi connectivity index (χ0v) is 41.5. The summed E-state index contributed by atoms with van der Waals surface area (Å²) in [5, 5.41) is 0. The van der Waals surface area contributed by atoms with E-state index in [4.69, 9.17) is 0 Å². The lowest BCUT2D eigenvalue weighted by atomic mass is 9.33. The molecule has 0 atom stereocenters. The van der Waals surface area contributed by atoms with Crippen molar-refractivity contribution >= 4 is 57.2 Å². The van der Waals surface area contributed by atoms with Gasteiger partial charge in [-0.3, -0.25) is 0 Å². The van der Waals surface area contributed by atoms with Gasteiger partial charge >= 0.3 is 0 Å². The number of fused-ring (bicyclic) bond motifs is 5. The number of aryl methyl sites for hydroxylation is 1. The van der Waals surface area contributed by atoms with E-state index in [0.29, 0.717) is 0 Å². The minimum atomic E-state index is -0.0359. The molecule has 0 unspecified atom stereocenters. The summed E-state index contributed by atoms with van der Waals surface area (Å²) in [6.07, 6.45) is 1.11. The summed E-state index contributed by atoms with van der Waals surface area (Å²) in [6.45, 7) is 33.2. The smallest absolute Gasteiger partial charge is 0.252 e. The van der Waals surface area contributed by atoms with Crippen LogP contribution in [0.1, 0.15) is 130 Å². The molecule has 3 aliphatic rings. The van der Waals surface area contributed by atoms with Crippen LogP contribution in [0.25, 0.3) is 22.3 Å². The lowest BCUT2D eigenvalue weighted by Crippen LogP contribution is -2.61. The Hall–Kier alpha value is -5.80. The van der Waals surface area contributed by atoms with Crippen LogP contribution in [0, 0.1) is 6.92 Å².